The van der Waals surface area contributed by atoms with Crippen LogP contribution in [0.5, 0.6) is 0 Å². The molecule has 0 atom stereocenters. The van der Waals surface area contributed by atoms with Crippen molar-refractivity contribution in [3.8, 4) is 0 Å². The molecule has 0 saturated carbocycles. The summed E-state index contributed by atoms with van der Waals surface area (Å²) in [4.78, 5) is 28.2. The third-order valence-corrected chi connectivity index (χ3v) is 4.28. The number of carbonyl (C=O) groups is 2. The topological polar surface area (TPSA) is 71.1 Å². The van der Waals surface area contributed by atoms with E-state index in [1.807, 2.05) is 18.2 Å². The number of aromatic nitrogens is 1. The van der Waals surface area contributed by atoms with E-state index >= 15 is 0 Å². The van der Waals surface area contributed by atoms with Crippen LogP contribution in [-0.2, 0) is 11.2 Å². The number of para-hydroxylation sites is 1. The van der Waals surface area contributed by atoms with Gasteiger partial charge >= 0.3 is 0 Å². The van der Waals surface area contributed by atoms with Gasteiger partial charge in [-0.15, -0.1) is 0 Å². The zero-order chi connectivity index (χ0) is 18.5. The van der Waals surface area contributed by atoms with Gasteiger partial charge in [-0.05, 0) is 36.2 Å². The van der Waals surface area contributed by atoms with E-state index in [2.05, 4.69) is 31.8 Å². The fraction of sp³-hybridized carbons (Fsp3) is 0.105. The molecule has 132 valence electrons. The molecule has 0 saturated heterocycles. The number of hydrazine groups is 1. The molecule has 5 nitrogen and oxygen atoms in total. The first-order valence-corrected chi connectivity index (χ1v) is 8.71. The number of nitrogens with one attached hydrogen (secondary N) is 2. The van der Waals surface area contributed by atoms with Crippen molar-refractivity contribution in [2.45, 2.75) is 12.8 Å². The number of hydrogen-bond acceptors (Lipinski definition) is 3. The molecule has 1 aromatic heterocycles. The van der Waals surface area contributed by atoms with Crippen LogP contribution in [-0.4, -0.2) is 16.8 Å². The van der Waals surface area contributed by atoms with Crippen molar-refractivity contribution in [1.29, 1.82) is 0 Å². The molecule has 7 heteroatoms. The molecule has 3 aromatic rings. The van der Waals surface area contributed by atoms with Crippen molar-refractivity contribution in [1.82, 2.24) is 15.8 Å². The summed E-state index contributed by atoms with van der Waals surface area (Å²) in [6.07, 6.45) is 0.277. The predicted molar refractivity (Wildman–Crippen MR) is 99.8 cm³/mol. The van der Waals surface area contributed by atoms with Crippen LogP contribution in [0.2, 0.25) is 0 Å². The Morgan fingerprint density at radius 2 is 1.85 bits per heavy atom. The van der Waals surface area contributed by atoms with E-state index in [9.17, 15) is 14.0 Å². The zero-order valence-corrected chi connectivity index (χ0v) is 15.2. The Bertz CT molecular complexity index is 978. The van der Waals surface area contributed by atoms with Gasteiger partial charge in [0.15, 0.2) is 0 Å². The lowest BCUT2D eigenvalue weighted by Gasteiger charge is -2.08. The van der Waals surface area contributed by atoms with E-state index in [-0.39, 0.29) is 24.4 Å². The summed E-state index contributed by atoms with van der Waals surface area (Å²) in [7, 11) is 0. The van der Waals surface area contributed by atoms with Crippen LogP contribution >= 0.6 is 15.9 Å². The lowest BCUT2D eigenvalue weighted by Crippen LogP contribution is -2.42. The van der Waals surface area contributed by atoms with Crippen molar-refractivity contribution < 1.29 is 14.0 Å². The Balaban J connectivity index is 1.54. The molecule has 0 fully saturated rings. The molecule has 0 aliphatic rings. The van der Waals surface area contributed by atoms with Crippen molar-refractivity contribution >= 4 is 38.6 Å². The molecule has 2 N–H and O–H groups in total. The minimum atomic E-state index is -0.515. The number of benzene rings is 2. The van der Waals surface area contributed by atoms with E-state index in [4.69, 9.17) is 0 Å². The Hall–Kier alpha value is -2.80. The summed E-state index contributed by atoms with van der Waals surface area (Å²) in [5.41, 5.74) is 5.97. The SMILES string of the molecule is O=C(CCc1ccc(Br)cc1F)NNC(=O)c1ccc2ccccc2n1. The standard InChI is InChI=1S/C19H15BrFN3O2/c20-14-8-5-12(15(21)11-14)7-10-18(25)23-24-19(26)17-9-6-13-3-1-2-4-16(13)22-17/h1-6,8-9,11H,7,10H2,(H,23,25)(H,24,26). The first-order valence-electron chi connectivity index (χ1n) is 7.92. The molecule has 0 aliphatic heterocycles. The molecule has 0 aliphatic carbocycles. The molecule has 26 heavy (non-hydrogen) atoms. The van der Waals surface area contributed by atoms with Crippen LogP contribution in [0, 0.1) is 5.82 Å². The highest BCUT2D eigenvalue weighted by Gasteiger charge is 2.11. The number of aryl methyl sites for hydroxylation is 1. The number of hydrogen-bond donors (Lipinski definition) is 2. The Morgan fingerprint density at radius 3 is 2.65 bits per heavy atom. The third kappa shape index (κ3) is 4.43. The van der Waals surface area contributed by atoms with Gasteiger partial charge in [0.1, 0.15) is 11.5 Å². The number of rotatable bonds is 4. The maximum Gasteiger partial charge on any atom is 0.288 e. The monoisotopic (exact) mass is 415 g/mol. The Kier molecular flexibility index (Phi) is 5.58. The van der Waals surface area contributed by atoms with Gasteiger partial charge in [-0.2, -0.15) is 0 Å². The fourth-order valence-corrected chi connectivity index (χ4v) is 2.75. The lowest BCUT2D eigenvalue weighted by molar-refractivity contribution is -0.121. The lowest BCUT2D eigenvalue weighted by atomic mass is 10.1. The summed E-state index contributed by atoms with van der Waals surface area (Å²) in [6.45, 7) is 0. The molecule has 0 unspecified atom stereocenters. The fourth-order valence-electron chi connectivity index (χ4n) is 2.42. The first-order chi connectivity index (χ1) is 12.5. The quantitative estimate of drug-likeness (QED) is 0.640. The molecule has 0 radical (unpaired) electrons. The minimum absolute atomic E-state index is 0.0456. The van der Waals surface area contributed by atoms with Gasteiger partial charge in [0.25, 0.3) is 5.91 Å². The number of amides is 2. The van der Waals surface area contributed by atoms with Gasteiger partial charge in [-0.25, -0.2) is 9.37 Å². The molecule has 1 heterocycles. The summed E-state index contributed by atoms with van der Waals surface area (Å²) >= 11 is 3.18. The van der Waals surface area contributed by atoms with Gasteiger partial charge in [0.2, 0.25) is 5.91 Å². The zero-order valence-electron chi connectivity index (χ0n) is 13.6. The molecular formula is C19H15BrFN3O2. The Morgan fingerprint density at radius 1 is 1.04 bits per heavy atom. The molecule has 2 aromatic carbocycles. The van der Waals surface area contributed by atoms with Crippen molar-refractivity contribution in [3.05, 3.63) is 76.1 Å². The Labute approximate surface area is 157 Å². The minimum Gasteiger partial charge on any atom is -0.273 e. The van der Waals surface area contributed by atoms with E-state index in [0.29, 0.717) is 15.6 Å². The first kappa shape index (κ1) is 18.0. The van der Waals surface area contributed by atoms with Crippen LogP contribution in [0.15, 0.2) is 59.1 Å². The summed E-state index contributed by atoms with van der Waals surface area (Å²) < 4.78 is 14.4. The molecule has 0 bridgehead atoms. The van der Waals surface area contributed by atoms with Crippen LogP contribution < -0.4 is 10.9 Å². The van der Waals surface area contributed by atoms with E-state index < -0.39 is 11.8 Å². The number of pyridine rings is 1. The van der Waals surface area contributed by atoms with E-state index in [1.165, 1.54) is 6.07 Å². The van der Waals surface area contributed by atoms with Gasteiger partial charge in [0, 0.05) is 16.3 Å². The maximum atomic E-state index is 13.7. The average molecular weight is 416 g/mol. The van der Waals surface area contributed by atoms with E-state index in [0.717, 1.165) is 5.39 Å². The van der Waals surface area contributed by atoms with E-state index in [1.54, 1.807) is 30.3 Å². The third-order valence-electron chi connectivity index (χ3n) is 3.78. The smallest absolute Gasteiger partial charge is 0.273 e. The van der Waals surface area contributed by atoms with Crippen LogP contribution in [0.1, 0.15) is 22.5 Å². The summed E-state index contributed by atoms with van der Waals surface area (Å²) in [5.74, 6) is -1.31. The van der Waals surface area contributed by atoms with Crippen molar-refractivity contribution in [3.63, 3.8) is 0 Å². The van der Waals surface area contributed by atoms with Crippen LogP contribution in [0.3, 0.4) is 0 Å². The maximum absolute atomic E-state index is 13.7. The van der Waals surface area contributed by atoms with Gasteiger partial charge in [0.05, 0.1) is 5.52 Å². The number of fused-ring (bicyclic) bond motifs is 1. The highest BCUT2D eigenvalue weighted by molar-refractivity contribution is 9.10. The van der Waals surface area contributed by atoms with Crippen LogP contribution in [0.25, 0.3) is 10.9 Å². The molecular weight excluding hydrogens is 401 g/mol. The van der Waals surface area contributed by atoms with Crippen molar-refractivity contribution in [2.75, 3.05) is 0 Å². The van der Waals surface area contributed by atoms with Gasteiger partial charge in [-0.1, -0.05) is 46.3 Å². The normalized spacial score (nSPS) is 10.5. The summed E-state index contributed by atoms with van der Waals surface area (Å²) in [5, 5.41) is 0.921. The number of carbonyl (C=O) groups excluding carboxylic acids is 2. The molecule has 0 spiro atoms. The molecule has 2 amide bonds. The van der Waals surface area contributed by atoms with Crippen molar-refractivity contribution in [2.24, 2.45) is 0 Å². The van der Waals surface area contributed by atoms with Crippen LogP contribution in [0.4, 0.5) is 4.39 Å². The predicted octanol–water partition coefficient (Wildman–Crippen LogP) is 3.53. The highest BCUT2D eigenvalue weighted by Crippen LogP contribution is 2.16. The summed E-state index contributed by atoms with van der Waals surface area (Å²) in [6, 6.07) is 15.5. The second-order valence-corrected chi connectivity index (χ2v) is 6.54. The van der Waals surface area contributed by atoms with Gasteiger partial charge in [-0.3, -0.25) is 20.4 Å². The largest absolute Gasteiger partial charge is 0.288 e. The number of nitrogens with zero attached hydrogens (tertiary/aromatic N) is 1. The highest BCUT2D eigenvalue weighted by atomic mass is 79.9. The van der Waals surface area contributed by atoms with Gasteiger partial charge < -0.3 is 0 Å². The molecule has 3 rings (SSSR count). The second kappa shape index (κ2) is 8.05. The number of halogens is 2. The average Bonchev–Trinajstić information content (AvgIpc) is 2.65. The second-order valence-electron chi connectivity index (χ2n) is 5.63.